The maximum absolute atomic E-state index is 10.5. The van der Waals surface area contributed by atoms with Gasteiger partial charge in [-0.1, -0.05) is 0 Å². The molecule has 0 bridgehead atoms. The van der Waals surface area contributed by atoms with Crippen molar-refractivity contribution in [3.05, 3.63) is 91.0 Å². The molecule has 0 aliphatic heterocycles. The topological polar surface area (TPSA) is 49.3 Å². The third-order valence-electron chi connectivity index (χ3n) is 6.16. The first-order valence-electron chi connectivity index (χ1n) is 11.4. The summed E-state index contributed by atoms with van der Waals surface area (Å²) >= 11 is 4.50. The Kier molecular flexibility index (Phi) is 8.90. The Bertz CT molecular complexity index is 867. The Hall–Kier alpha value is -2.16. The van der Waals surface area contributed by atoms with Crippen molar-refractivity contribution < 1.29 is 9.90 Å². The van der Waals surface area contributed by atoms with Crippen molar-refractivity contribution in [2.24, 2.45) is 0 Å². The summed E-state index contributed by atoms with van der Waals surface area (Å²) in [4.78, 5) is 10.5. The summed E-state index contributed by atoms with van der Waals surface area (Å²) in [5.74, 6) is 0. The molecule has 0 aliphatic carbocycles. The van der Waals surface area contributed by atoms with E-state index in [4.69, 9.17) is 5.11 Å². The van der Waals surface area contributed by atoms with Gasteiger partial charge in [0.1, 0.15) is 0 Å². The van der Waals surface area contributed by atoms with Crippen molar-refractivity contribution in [2.45, 2.75) is 38.5 Å². The number of nitrogens with one attached hydrogen (secondary N) is 1. The zero-order chi connectivity index (χ0) is 22.7. The van der Waals surface area contributed by atoms with Gasteiger partial charge < -0.3 is 0 Å². The van der Waals surface area contributed by atoms with Gasteiger partial charge in [0, 0.05) is 0 Å². The van der Waals surface area contributed by atoms with Gasteiger partial charge in [0.05, 0.1) is 0 Å². The van der Waals surface area contributed by atoms with Crippen molar-refractivity contribution in [2.75, 3.05) is 12.7 Å². The molecule has 3 nitrogen and oxygen atoms in total. The Morgan fingerprint density at radius 1 is 0.656 bits per heavy atom. The number of amides is 1. The van der Waals surface area contributed by atoms with E-state index in [1.54, 1.807) is 0 Å². The van der Waals surface area contributed by atoms with Gasteiger partial charge in [-0.25, -0.2) is 0 Å². The fraction of sp³-hybridized carbons (Fsp3) is 0.296. The molecule has 0 saturated heterocycles. The summed E-state index contributed by atoms with van der Waals surface area (Å²) in [7, 11) is 0. The van der Waals surface area contributed by atoms with Gasteiger partial charge in [-0.05, 0) is 0 Å². The summed E-state index contributed by atoms with van der Waals surface area (Å²) in [5.41, 5.74) is 0. The number of rotatable bonds is 12. The summed E-state index contributed by atoms with van der Waals surface area (Å²) in [6.45, 7) is 0.545. The Balaban J connectivity index is 1.80. The third-order valence-corrected chi connectivity index (χ3v) is 16.2. The van der Waals surface area contributed by atoms with Gasteiger partial charge in [-0.2, -0.15) is 0 Å². The Labute approximate surface area is 199 Å². The van der Waals surface area contributed by atoms with Crippen LogP contribution in [-0.2, 0) is 0 Å². The molecule has 0 aliphatic rings. The van der Waals surface area contributed by atoms with Gasteiger partial charge >= 0.3 is 200 Å². The van der Waals surface area contributed by atoms with Crippen molar-refractivity contribution >= 4 is 42.8 Å². The van der Waals surface area contributed by atoms with E-state index < -0.39 is 11.4 Å². The summed E-state index contributed by atoms with van der Waals surface area (Å²) in [5, 5.41) is 12.4. The van der Waals surface area contributed by atoms with Crippen molar-refractivity contribution in [3.63, 3.8) is 0 Å². The van der Waals surface area contributed by atoms with Crippen LogP contribution in [0.2, 0.25) is 0 Å². The fourth-order valence-electron chi connectivity index (χ4n) is 4.49. The maximum atomic E-state index is 10.5. The summed E-state index contributed by atoms with van der Waals surface area (Å²) < 4.78 is 0. The normalized spacial score (nSPS) is 12.6. The van der Waals surface area contributed by atoms with E-state index in [1.165, 1.54) is 28.8 Å². The molecular weight excluding hydrogens is 481 g/mol. The molecular formula is C27H33BrNO2P. The number of hydrogen-bond acceptors (Lipinski definition) is 1. The molecule has 0 fully saturated rings. The second kappa shape index (κ2) is 11.6. The second-order valence-corrected chi connectivity index (χ2v) is 17.3. The van der Waals surface area contributed by atoms with Crippen LogP contribution in [0.5, 0.6) is 0 Å². The Morgan fingerprint density at radius 3 is 1.44 bits per heavy atom. The van der Waals surface area contributed by atoms with E-state index in [0.717, 1.165) is 31.8 Å². The predicted octanol–water partition coefficient (Wildman–Crippen LogP) is 6.43. The average molecular weight is 514 g/mol. The molecule has 0 heterocycles. The van der Waals surface area contributed by atoms with Gasteiger partial charge in [0.2, 0.25) is 0 Å². The molecule has 0 radical (unpaired) electrons. The molecule has 1 amide bonds. The summed E-state index contributed by atoms with van der Waals surface area (Å²) in [6, 6.07) is 32.8. The molecule has 2 N–H and O–H groups in total. The molecule has 0 aromatic heterocycles. The third kappa shape index (κ3) is 5.60. The van der Waals surface area contributed by atoms with E-state index in [9.17, 15) is 4.79 Å². The number of hydrogen-bond donors (Lipinski definition) is 2. The van der Waals surface area contributed by atoms with E-state index in [1.807, 2.05) is 0 Å². The van der Waals surface area contributed by atoms with Gasteiger partial charge in [0.15, 0.2) is 0 Å². The van der Waals surface area contributed by atoms with Crippen LogP contribution < -0.4 is 21.2 Å². The molecule has 0 unspecified atom stereocenters. The molecule has 5 heteroatoms. The van der Waals surface area contributed by atoms with Gasteiger partial charge in [-0.15, -0.1) is 0 Å². The molecule has 3 aromatic rings. The minimum atomic E-state index is -2.79. The van der Waals surface area contributed by atoms with Crippen LogP contribution in [-0.4, -0.2) is 23.9 Å². The average Bonchev–Trinajstić information content (AvgIpc) is 2.84. The molecule has 0 atom stereocenters. The molecule has 0 saturated carbocycles. The van der Waals surface area contributed by atoms with Crippen molar-refractivity contribution in [3.8, 4) is 0 Å². The number of carboxylic acid groups (broad SMARTS) is 1. The molecule has 32 heavy (non-hydrogen) atoms. The quantitative estimate of drug-likeness (QED) is 0.216. The monoisotopic (exact) mass is 513 g/mol. The van der Waals surface area contributed by atoms with Crippen LogP contribution in [0.3, 0.4) is 0 Å². The second-order valence-electron chi connectivity index (χ2n) is 8.27. The van der Waals surface area contributed by atoms with E-state index >= 15 is 0 Å². The van der Waals surface area contributed by atoms with Crippen LogP contribution in [0.4, 0.5) is 4.79 Å². The molecule has 3 rings (SSSR count). The zero-order valence-corrected chi connectivity index (χ0v) is 21.0. The fourth-order valence-corrected chi connectivity index (χ4v) is 12.2. The standard InChI is InChI=1S/C27H33BrNO2P/c28-32(24-16-8-5-9-17-24,25-18-10-6-11-19-25,26-20-12-7-13-21-26)23-15-4-2-1-3-14-22-29-27(30)31/h5-13,16-21,29H,1-4,14-15,22-23H2,(H,30,31). The van der Waals surface area contributed by atoms with Crippen LogP contribution in [0, 0.1) is 0 Å². The Morgan fingerprint density at radius 2 is 1.03 bits per heavy atom. The first-order chi connectivity index (χ1) is 15.6. The zero-order valence-electron chi connectivity index (χ0n) is 18.5. The van der Waals surface area contributed by atoms with Gasteiger partial charge in [-0.3, -0.25) is 0 Å². The van der Waals surface area contributed by atoms with Crippen LogP contribution in [0.15, 0.2) is 91.0 Å². The summed E-state index contributed by atoms with van der Waals surface area (Å²) in [6.07, 6.45) is 6.72. The molecule has 170 valence electrons. The van der Waals surface area contributed by atoms with Crippen LogP contribution in [0.25, 0.3) is 0 Å². The number of carbonyl (C=O) groups is 1. The van der Waals surface area contributed by atoms with E-state index in [2.05, 4.69) is 112 Å². The van der Waals surface area contributed by atoms with Gasteiger partial charge in [0.25, 0.3) is 0 Å². The predicted molar refractivity (Wildman–Crippen MR) is 143 cm³/mol. The van der Waals surface area contributed by atoms with E-state index in [-0.39, 0.29) is 0 Å². The van der Waals surface area contributed by atoms with Crippen molar-refractivity contribution in [1.82, 2.24) is 5.32 Å². The molecule has 3 aromatic carbocycles. The van der Waals surface area contributed by atoms with Crippen LogP contribution >= 0.6 is 20.8 Å². The van der Waals surface area contributed by atoms with E-state index in [0.29, 0.717) is 6.54 Å². The minimum absolute atomic E-state index is 0.545. The molecule has 0 spiro atoms. The van der Waals surface area contributed by atoms with Crippen LogP contribution in [0.1, 0.15) is 38.5 Å². The number of unbranched alkanes of at least 4 members (excludes halogenated alkanes) is 5. The number of halogens is 1. The number of benzene rings is 3. The first kappa shape index (κ1) is 24.5. The van der Waals surface area contributed by atoms with Crippen molar-refractivity contribution in [1.29, 1.82) is 0 Å². The first-order valence-corrected chi connectivity index (χ1v) is 15.9. The SMILES string of the molecule is O=C(O)NCCCCCCCCP(Br)(c1ccccc1)(c1ccccc1)c1ccccc1.